The topological polar surface area (TPSA) is 75.7 Å². The maximum atomic E-state index is 12.4. The van der Waals surface area contributed by atoms with Gasteiger partial charge in [0.1, 0.15) is 5.75 Å². The van der Waals surface area contributed by atoms with Gasteiger partial charge >= 0.3 is 6.61 Å². The first kappa shape index (κ1) is 18.6. The molecule has 24 heavy (non-hydrogen) atoms. The van der Waals surface area contributed by atoms with Gasteiger partial charge in [0.2, 0.25) is 5.91 Å². The van der Waals surface area contributed by atoms with Gasteiger partial charge in [-0.15, -0.1) is 0 Å². The average molecular weight is 362 g/mol. The Morgan fingerprint density at radius 3 is 2.75 bits per heavy atom. The number of para-hydroxylation sites is 1. The van der Waals surface area contributed by atoms with Gasteiger partial charge in [-0.3, -0.25) is 9.69 Å². The number of benzene rings is 1. The normalized spacial score (nSPS) is 19.6. The van der Waals surface area contributed by atoms with Crippen LogP contribution in [0, 0.1) is 0 Å². The zero-order chi connectivity index (χ0) is 17.7. The van der Waals surface area contributed by atoms with Gasteiger partial charge in [-0.05, 0) is 19.5 Å². The van der Waals surface area contributed by atoms with Crippen molar-refractivity contribution in [1.82, 2.24) is 10.2 Å². The first-order chi connectivity index (χ1) is 11.2. The number of nitrogens with zero attached hydrogens (tertiary/aromatic N) is 1. The fourth-order valence-corrected chi connectivity index (χ4v) is 4.29. The van der Waals surface area contributed by atoms with Crippen molar-refractivity contribution < 1.29 is 26.7 Å². The summed E-state index contributed by atoms with van der Waals surface area (Å²) in [6, 6.07) is 6.03. The molecule has 0 spiro atoms. The zero-order valence-corrected chi connectivity index (χ0v) is 14.1. The average Bonchev–Trinajstić information content (AvgIpc) is 2.79. The molecule has 1 saturated heterocycles. The zero-order valence-electron chi connectivity index (χ0n) is 13.2. The molecule has 1 unspecified atom stereocenters. The summed E-state index contributed by atoms with van der Waals surface area (Å²) in [5.41, 5.74) is 0.538. The Bertz CT molecular complexity index is 682. The number of hydrogen-bond acceptors (Lipinski definition) is 5. The molecule has 0 bridgehead atoms. The van der Waals surface area contributed by atoms with Gasteiger partial charge in [-0.25, -0.2) is 8.42 Å². The molecule has 0 aromatic heterocycles. The highest BCUT2D eigenvalue weighted by atomic mass is 32.2. The Labute approximate surface area is 139 Å². The van der Waals surface area contributed by atoms with Gasteiger partial charge in [0.15, 0.2) is 9.84 Å². The number of nitrogens with one attached hydrogen (secondary N) is 1. The number of alkyl halides is 2. The number of hydrogen-bond donors (Lipinski definition) is 1. The lowest BCUT2D eigenvalue weighted by molar-refractivity contribution is -0.122. The molecule has 0 aliphatic carbocycles. The molecule has 2 rings (SSSR count). The van der Waals surface area contributed by atoms with E-state index in [1.807, 2.05) is 0 Å². The molecule has 1 N–H and O–H groups in total. The number of sulfone groups is 1. The molecule has 1 aromatic rings. The van der Waals surface area contributed by atoms with E-state index in [9.17, 15) is 22.0 Å². The molecular formula is C15H20F2N2O4S. The van der Waals surface area contributed by atoms with Crippen molar-refractivity contribution in [2.45, 2.75) is 25.6 Å². The highest BCUT2D eigenvalue weighted by molar-refractivity contribution is 7.91. The van der Waals surface area contributed by atoms with Crippen molar-refractivity contribution in [2.75, 3.05) is 25.1 Å². The van der Waals surface area contributed by atoms with Crippen LogP contribution in [0.25, 0.3) is 0 Å². The largest absolute Gasteiger partial charge is 0.434 e. The van der Waals surface area contributed by atoms with Crippen LogP contribution in [0.4, 0.5) is 8.78 Å². The molecule has 1 aliphatic heterocycles. The van der Waals surface area contributed by atoms with E-state index in [0.717, 1.165) is 0 Å². The summed E-state index contributed by atoms with van der Waals surface area (Å²) in [4.78, 5) is 13.6. The lowest BCUT2D eigenvalue weighted by Gasteiger charge is -2.19. The lowest BCUT2D eigenvalue weighted by atomic mass is 10.2. The predicted molar refractivity (Wildman–Crippen MR) is 84.6 cm³/mol. The number of ether oxygens (including phenoxy) is 1. The van der Waals surface area contributed by atoms with Crippen molar-refractivity contribution >= 4 is 15.7 Å². The molecule has 1 heterocycles. The minimum atomic E-state index is -3.05. The Morgan fingerprint density at radius 2 is 2.12 bits per heavy atom. The van der Waals surface area contributed by atoms with Gasteiger partial charge in [-0.2, -0.15) is 8.78 Å². The summed E-state index contributed by atoms with van der Waals surface area (Å²) >= 11 is 0. The van der Waals surface area contributed by atoms with Crippen LogP contribution in [-0.2, 0) is 21.2 Å². The monoisotopic (exact) mass is 362 g/mol. The minimum Gasteiger partial charge on any atom is -0.434 e. The number of likely N-dealkylation sites (N-methyl/N-ethyl adjacent to an activating group) is 1. The molecule has 6 nitrogen and oxygen atoms in total. The molecule has 0 radical (unpaired) electrons. The SMILES string of the molecule is CN(CC(=O)NC1CCS(=O)(=O)C1)Cc1ccccc1OC(F)F. The lowest BCUT2D eigenvalue weighted by Crippen LogP contribution is -2.41. The van der Waals surface area contributed by atoms with Crippen molar-refractivity contribution in [2.24, 2.45) is 0 Å². The molecule has 1 aliphatic rings. The molecule has 9 heteroatoms. The van der Waals surface area contributed by atoms with Crippen molar-refractivity contribution in [1.29, 1.82) is 0 Å². The summed E-state index contributed by atoms with van der Waals surface area (Å²) in [5, 5.41) is 2.69. The Hall–Kier alpha value is -1.74. The Balaban J connectivity index is 1.87. The smallest absolute Gasteiger partial charge is 0.387 e. The first-order valence-electron chi connectivity index (χ1n) is 7.46. The van der Waals surface area contributed by atoms with Gasteiger partial charge in [-0.1, -0.05) is 18.2 Å². The van der Waals surface area contributed by atoms with E-state index in [0.29, 0.717) is 12.0 Å². The van der Waals surface area contributed by atoms with Crippen LogP contribution in [-0.4, -0.2) is 57.0 Å². The second kappa shape index (κ2) is 7.89. The summed E-state index contributed by atoms with van der Waals surface area (Å²) < 4.78 is 52.0. The van der Waals surface area contributed by atoms with E-state index in [1.54, 1.807) is 30.1 Å². The van der Waals surface area contributed by atoms with Gasteiger partial charge in [0.25, 0.3) is 0 Å². The standard InChI is InChI=1S/C15H20F2N2O4S/c1-19(8-11-4-2-3-5-13(11)23-15(16)17)9-14(20)18-12-6-7-24(21,22)10-12/h2-5,12,15H,6-10H2,1H3,(H,18,20). The van der Waals surface area contributed by atoms with Crippen LogP contribution in [0.5, 0.6) is 5.75 Å². The number of halogens is 2. The molecule has 1 aromatic carbocycles. The third-order valence-electron chi connectivity index (χ3n) is 3.64. The summed E-state index contributed by atoms with van der Waals surface area (Å²) in [5.74, 6) is -0.173. The molecular weight excluding hydrogens is 342 g/mol. The Morgan fingerprint density at radius 1 is 1.42 bits per heavy atom. The van der Waals surface area contributed by atoms with E-state index in [2.05, 4.69) is 10.1 Å². The second-order valence-corrected chi connectivity index (χ2v) is 8.05. The maximum absolute atomic E-state index is 12.4. The third-order valence-corrected chi connectivity index (χ3v) is 5.41. The molecule has 0 saturated carbocycles. The molecule has 1 atom stereocenters. The summed E-state index contributed by atoms with van der Waals surface area (Å²) in [6.07, 6.45) is 0.419. The second-order valence-electron chi connectivity index (χ2n) is 5.83. The van der Waals surface area contributed by atoms with Crippen LogP contribution in [0.2, 0.25) is 0 Å². The van der Waals surface area contributed by atoms with Crippen molar-refractivity contribution in [3.8, 4) is 5.75 Å². The maximum Gasteiger partial charge on any atom is 0.387 e. The number of carbonyl (C=O) groups excluding carboxylic acids is 1. The minimum absolute atomic E-state index is 0.0273. The van der Waals surface area contributed by atoms with Crippen LogP contribution in [0.15, 0.2) is 24.3 Å². The van der Waals surface area contributed by atoms with E-state index >= 15 is 0 Å². The fraction of sp³-hybridized carbons (Fsp3) is 0.533. The molecule has 1 amide bonds. The summed E-state index contributed by atoms with van der Waals surface area (Å²) in [7, 11) is -1.38. The molecule has 134 valence electrons. The summed E-state index contributed by atoms with van der Waals surface area (Å²) in [6.45, 7) is -2.64. The van der Waals surface area contributed by atoms with Crippen LogP contribution >= 0.6 is 0 Å². The van der Waals surface area contributed by atoms with E-state index in [4.69, 9.17) is 0 Å². The van der Waals surface area contributed by atoms with Crippen LogP contribution in [0.3, 0.4) is 0 Å². The highest BCUT2D eigenvalue weighted by Crippen LogP contribution is 2.21. The van der Waals surface area contributed by atoms with E-state index in [1.165, 1.54) is 6.07 Å². The fourth-order valence-electron chi connectivity index (χ4n) is 2.62. The van der Waals surface area contributed by atoms with E-state index < -0.39 is 16.4 Å². The number of rotatable bonds is 7. The number of amides is 1. The van der Waals surface area contributed by atoms with Gasteiger partial charge in [0.05, 0.1) is 18.1 Å². The number of carbonyl (C=O) groups is 1. The van der Waals surface area contributed by atoms with E-state index in [-0.39, 0.29) is 42.3 Å². The first-order valence-corrected chi connectivity index (χ1v) is 9.28. The Kier molecular flexibility index (Phi) is 6.11. The van der Waals surface area contributed by atoms with Gasteiger partial charge in [0, 0.05) is 18.2 Å². The van der Waals surface area contributed by atoms with Gasteiger partial charge < -0.3 is 10.1 Å². The third kappa shape index (κ3) is 5.72. The van der Waals surface area contributed by atoms with Crippen molar-refractivity contribution in [3.05, 3.63) is 29.8 Å². The van der Waals surface area contributed by atoms with Crippen LogP contribution in [0.1, 0.15) is 12.0 Å². The molecule has 1 fully saturated rings. The van der Waals surface area contributed by atoms with Crippen LogP contribution < -0.4 is 10.1 Å². The highest BCUT2D eigenvalue weighted by Gasteiger charge is 2.29. The quantitative estimate of drug-likeness (QED) is 0.784. The van der Waals surface area contributed by atoms with Crippen molar-refractivity contribution in [3.63, 3.8) is 0 Å². The predicted octanol–water partition coefficient (Wildman–Crippen LogP) is 1.02.